The molecule has 2 aromatic carbocycles. The summed E-state index contributed by atoms with van der Waals surface area (Å²) in [6.45, 7) is 3.14. The molecule has 9 heteroatoms. The van der Waals surface area contributed by atoms with Crippen molar-refractivity contribution in [3.8, 4) is 5.75 Å². The summed E-state index contributed by atoms with van der Waals surface area (Å²) in [6, 6.07) is 8.07. The Hall–Kier alpha value is -2.78. The van der Waals surface area contributed by atoms with E-state index in [1.807, 2.05) is 13.0 Å². The molecule has 164 valence electrons. The van der Waals surface area contributed by atoms with Crippen LogP contribution in [0.5, 0.6) is 5.75 Å². The van der Waals surface area contributed by atoms with Gasteiger partial charge in [-0.05, 0) is 36.2 Å². The Morgan fingerprint density at radius 1 is 1.29 bits per heavy atom. The highest BCUT2D eigenvalue weighted by Crippen LogP contribution is 2.35. The van der Waals surface area contributed by atoms with Gasteiger partial charge in [0.25, 0.3) is 0 Å². The second-order valence-electron chi connectivity index (χ2n) is 7.72. The van der Waals surface area contributed by atoms with E-state index in [1.54, 1.807) is 24.6 Å². The molecular formula is C22H25FN4O3S. The van der Waals surface area contributed by atoms with Gasteiger partial charge in [0.05, 0.1) is 30.1 Å². The van der Waals surface area contributed by atoms with E-state index in [-0.39, 0.29) is 11.9 Å². The first-order valence-electron chi connectivity index (χ1n) is 10.1. The lowest BCUT2D eigenvalue weighted by molar-refractivity contribution is 0.141. The molecule has 0 spiro atoms. The number of rotatable bonds is 6. The summed E-state index contributed by atoms with van der Waals surface area (Å²) in [5, 5.41) is 4.12. The summed E-state index contributed by atoms with van der Waals surface area (Å²) >= 11 is 0. The molecule has 7 nitrogen and oxygen atoms in total. The summed E-state index contributed by atoms with van der Waals surface area (Å²) in [5.74, 6) is 0.611. The number of nitrogens with zero attached hydrogens (tertiary/aromatic N) is 3. The molecule has 1 fully saturated rings. The Balaban J connectivity index is 1.76. The van der Waals surface area contributed by atoms with Gasteiger partial charge in [0.2, 0.25) is 0 Å². The molecule has 3 aromatic rings. The normalized spacial score (nSPS) is 16.5. The molecule has 31 heavy (non-hydrogen) atoms. The molecule has 1 aliphatic heterocycles. The topological polar surface area (TPSA) is 85.7 Å². The maximum atomic E-state index is 13.9. The number of hydrogen-bond donors (Lipinski definition) is 1. The van der Waals surface area contributed by atoms with Crippen molar-refractivity contribution in [2.45, 2.75) is 25.9 Å². The molecule has 1 atom stereocenters. The van der Waals surface area contributed by atoms with Crippen molar-refractivity contribution in [2.24, 2.45) is 4.36 Å². The average Bonchev–Trinajstić information content (AvgIpc) is 3.21. The van der Waals surface area contributed by atoms with Crippen molar-refractivity contribution in [3.05, 3.63) is 48.0 Å². The minimum absolute atomic E-state index is 0.113. The van der Waals surface area contributed by atoms with E-state index in [0.717, 1.165) is 17.4 Å². The molecule has 0 saturated carbocycles. The number of aryl methyl sites for hydroxylation is 1. The van der Waals surface area contributed by atoms with Gasteiger partial charge >= 0.3 is 0 Å². The zero-order valence-electron chi connectivity index (χ0n) is 17.7. The van der Waals surface area contributed by atoms with Crippen LogP contribution in [0.3, 0.4) is 0 Å². The smallest absolute Gasteiger partial charge is 0.146 e. The van der Waals surface area contributed by atoms with Gasteiger partial charge in [-0.15, -0.1) is 0 Å². The Kier molecular flexibility index (Phi) is 6.06. The Labute approximate surface area is 181 Å². The third-order valence-corrected chi connectivity index (χ3v) is 5.54. The minimum atomic E-state index is -2.30. The molecule has 0 amide bonds. The van der Waals surface area contributed by atoms with Crippen molar-refractivity contribution >= 4 is 37.8 Å². The van der Waals surface area contributed by atoms with Gasteiger partial charge in [-0.25, -0.2) is 18.6 Å². The van der Waals surface area contributed by atoms with Crippen molar-refractivity contribution in [3.63, 3.8) is 0 Å². The minimum Gasteiger partial charge on any atom is -0.486 e. The van der Waals surface area contributed by atoms with E-state index in [9.17, 15) is 8.60 Å². The summed E-state index contributed by atoms with van der Waals surface area (Å²) in [4.78, 5) is 8.82. The van der Waals surface area contributed by atoms with Crippen LogP contribution in [0.4, 0.5) is 21.6 Å². The standard InChI is InChI=1S/C22H25FN4O3S/c1-4-14-9-16(27-31(2,3)28)11-19-21(14)22(25-13-24-19)26-18-6-5-15(23)10-20(18)30-17-7-8-29-12-17/h5-6,9-11,13,17H,4,7-8,12H2,1-3H3,(H,24,25,26)/t17-/m0/s1. The van der Waals surface area contributed by atoms with Gasteiger partial charge < -0.3 is 14.8 Å². The van der Waals surface area contributed by atoms with Gasteiger partial charge in [-0.1, -0.05) is 6.92 Å². The molecule has 0 bridgehead atoms. The number of halogens is 1. The molecule has 0 unspecified atom stereocenters. The lowest BCUT2D eigenvalue weighted by Crippen LogP contribution is -2.16. The van der Waals surface area contributed by atoms with Crippen molar-refractivity contribution in [1.82, 2.24) is 9.97 Å². The Bertz CT molecular complexity index is 1230. The third-order valence-electron chi connectivity index (χ3n) is 4.89. The largest absolute Gasteiger partial charge is 0.486 e. The summed E-state index contributed by atoms with van der Waals surface area (Å²) in [7, 11) is -2.30. The van der Waals surface area contributed by atoms with Crippen LogP contribution in [0.2, 0.25) is 0 Å². The molecule has 4 rings (SSSR count). The van der Waals surface area contributed by atoms with Gasteiger partial charge in [-0.3, -0.25) is 0 Å². The Morgan fingerprint density at radius 3 is 2.84 bits per heavy atom. The van der Waals surface area contributed by atoms with Crippen LogP contribution in [0.25, 0.3) is 10.9 Å². The van der Waals surface area contributed by atoms with E-state index >= 15 is 0 Å². The lowest BCUT2D eigenvalue weighted by Gasteiger charge is -2.18. The summed E-state index contributed by atoms with van der Waals surface area (Å²) in [5.41, 5.74) is 2.88. The molecular weight excluding hydrogens is 419 g/mol. The van der Waals surface area contributed by atoms with Gasteiger partial charge in [0.1, 0.15) is 29.8 Å². The summed E-state index contributed by atoms with van der Waals surface area (Å²) < 4.78 is 41.7. The number of aromatic nitrogens is 2. The van der Waals surface area contributed by atoms with Gasteiger partial charge in [0, 0.05) is 40.1 Å². The highest BCUT2D eigenvalue weighted by molar-refractivity contribution is 7.92. The maximum absolute atomic E-state index is 13.9. The highest BCUT2D eigenvalue weighted by atomic mass is 32.2. The molecule has 0 aliphatic carbocycles. The summed E-state index contributed by atoms with van der Waals surface area (Å²) in [6.07, 6.45) is 6.01. The quantitative estimate of drug-likeness (QED) is 0.598. The average molecular weight is 445 g/mol. The fourth-order valence-electron chi connectivity index (χ4n) is 3.55. The van der Waals surface area contributed by atoms with Crippen molar-refractivity contribution in [2.75, 3.05) is 31.0 Å². The monoisotopic (exact) mass is 444 g/mol. The predicted octanol–water partition coefficient (Wildman–Crippen LogP) is 4.60. The van der Waals surface area contributed by atoms with Crippen LogP contribution >= 0.6 is 0 Å². The van der Waals surface area contributed by atoms with Crippen LogP contribution in [0.1, 0.15) is 18.9 Å². The van der Waals surface area contributed by atoms with Crippen LogP contribution in [-0.4, -0.2) is 46.0 Å². The SMILES string of the molecule is CCc1cc(N=S(C)(C)=O)cc2ncnc(Nc3ccc(F)cc3O[C@H]3CCOC3)c12. The second-order valence-corrected chi connectivity index (χ2v) is 10.3. The maximum Gasteiger partial charge on any atom is 0.146 e. The molecule has 1 saturated heterocycles. The van der Waals surface area contributed by atoms with Crippen molar-refractivity contribution in [1.29, 1.82) is 0 Å². The molecule has 1 aromatic heterocycles. The first-order chi connectivity index (χ1) is 14.8. The van der Waals surface area contributed by atoms with E-state index in [2.05, 4.69) is 19.6 Å². The van der Waals surface area contributed by atoms with Crippen LogP contribution < -0.4 is 10.1 Å². The predicted molar refractivity (Wildman–Crippen MR) is 121 cm³/mol. The highest BCUT2D eigenvalue weighted by Gasteiger charge is 2.20. The molecule has 2 heterocycles. The molecule has 1 N–H and O–H groups in total. The number of nitrogens with one attached hydrogen (secondary N) is 1. The van der Waals surface area contributed by atoms with Crippen molar-refractivity contribution < 1.29 is 18.1 Å². The number of benzene rings is 2. The fraction of sp³-hybridized carbons (Fsp3) is 0.364. The van der Waals surface area contributed by atoms with E-state index in [4.69, 9.17) is 9.47 Å². The van der Waals surface area contributed by atoms with Gasteiger partial charge in [-0.2, -0.15) is 4.36 Å². The Morgan fingerprint density at radius 2 is 2.13 bits per heavy atom. The zero-order chi connectivity index (χ0) is 22.0. The number of anilines is 2. The second kappa shape index (κ2) is 8.76. The van der Waals surface area contributed by atoms with Gasteiger partial charge in [0.15, 0.2) is 0 Å². The first-order valence-corrected chi connectivity index (χ1v) is 12.4. The lowest BCUT2D eigenvalue weighted by atomic mass is 10.1. The van der Waals surface area contributed by atoms with E-state index < -0.39 is 9.73 Å². The molecule has 1 aliphatic rings. The van der Waals surface area contributed by atoms with E-state index in [0.29, 0.717) is 48.1 Å². The van der Waals surface area contributed by atoms with Crippen LogP contribution in [-0.2, 0) is 20.9 Å². The van der Waals surface area contributed by atoms with Crippen LogP contribution in [0.15, 0.2) is 41.0 Å². The first kappa shape index (κ1) is 21.5. The third kappa shape index (κ3) is 5.11. The number of ether oxygens (including phenoxy) is 2. The number of fused-ring (bicyclic) bond motifs is 1. The van der Waals surface area contributed by atoms with E-state index in [1.165, 1.54) is 18.5 Å². The fourth-order valence-corrected chi connectivity index (χ4v) is 4.16. The molecule has 0 radical (unpaired) electrons. The van der Waals surface area contributed by atoms with Crippen LogP contribution in [0, 0.1) is 5.82 Å². The zero-order valence-corrected chi connectivity index (χ0v) is 18.5. The number of hydrogen-bond acceptors (Lipinski definition) is 7.